The van der Waals surface area contributed by atoms with Gasteiger partial charge in [-0.1, -0.05) is 6.07 Å². The van der Waals surface area contributed by atoms with Crippen molar-refractivity contribution in [3.8, 4) is 0 Å². The molecule has 0 fully saturated rings. The molecule has 4 nitrogen and oxygen atoms in total. The van der Waals surface area contributed by atoms with Gasteiger partial charge in [0.1, 0.15) is 5.92 Å². The van der Waals surface area contributed by atoms with E-state index in [0.29, 0.717) is 5.69 Å². The summed E-state index contributed by atoms with van der Waals surface area (Å²) in [4.78, 5) is 15.1. The van der Waals surface area contributed by atoms with Gasteiger partial charge >= 0.3 is 5.97 Å². The fraction of sp³-hybridized carbons (Fsp3) is 0.400. The van der Waals surface area contributed by atoms with Crippen LogP contribution in [0, 0.1) is 13.8 Å². The molecule has 3 N–H and O–H groups in total. The van der Waals surface area contributed by atoms with Crippen molar-refractivity contribution in [2.24, 2.45) is 5.73 Å². The number of pyridine rings is 1. The van der Waals surface area contributed by atoms with E-state index in [9.17, 15) is 4.79 Å². The maximum atomic E-state index is 10.9. The van der Waals surface area contributed by atoms with Crippen molar-refractivity contribution in [3.05, 3.63) is 29.1 Å². The van der Waals surface area contributed by atoms with E-state index in [1.807, 2.05) is 26.0 Å². The van der Waals surface area contributed by atoms with Crippen LogP contribution in [0.25, 0.3) is 0 Å². The Morgan fingerprint density at radius 3 is 2.71 bits per heavy atom. The van der Waals surface area contributed by atoms with Crippen LogP contribution in [0.5, 0.6) is 0 Å². The topological polar surface area (TPSA) is 76.2 Å². The Kier molecular flexibility index (Phi) is 3.19. The number of aromatic nitrogens is 1. The molecule has 1 rings (SSSR count). The second kappa shape index (κ2) is 4.19. The molecule has 0 aliphatic carbocycles. The minimum Gasteiger partial charge on any atom is -0.481 e. The van der Waals surface area contributed by atoms with Crippen LogP contribution in [0.2, 0.25) is 0 Å². The van der Waals surface area contributed by atoms with Gasteiger partial charge in [-0.15, -0.1) is 0 Å². The van der Waals surface area contributed by atoms with E-state index in [0.717, 1.165) is 11.3 Å². The van der Waals surface area contributed by atoms with Gasteiger partial charge in [-0.25, -0.2) is 0 Å². The second-order valence-corrected chi connectivity index (χ2v) is 3.28. The molecule has 14 heavy (non-hydrogen) atoms. The first-order chi connectivity index (χ1) is 6.56. The Balaban J connectivity index is 3.15. The summed E-state index contributed by atoms with van der Waals surface area (Å²) in [6.07, 6.45) is 0. The van der Waals surface area contributed by atoms with Crippen molar-refractivity contribution in [1.82, 2.24) is 4.98 Å². The van der Waals surface area contributed by atoms with E-state index in [-0.39, 0.29) is 6.54 Å². The normalized spacial score (nSPS) is 12.5. The van der Waals surface area contributed by atoms with E-state index in [1.165, 1.54) is 0 Å². The van der Waals surface area contributed by atoms with Crippen molar-refractivity contribution >= 4 is 5.97 Å². The highest BCUT2D eigenvalue weighted by Gasteiger charge is 2.21. The molecular weight excluding hydrogens is 180 g/mol. The number of carbonyl (C=O) groups is 1. The van der Waals surface area contributed by atoms with E-state index in [1.54, 1.807) is 0 Å². The smallest absolute Gasteiger partial charge is 0.313 e. The number of rotatable bonds is 3. The van der Waals surface area contributed by atoms with Crippen LogP contribution < -0.4 is 5.73 Å². The van der Waals surface area contributed by atoms with Crippen LogP contribution >= 0.6 is 0 Å². The Hall–Kier alpha value is -1.42. The minimum atomic E-state index is -0.923. The first kappa shape index (κ1) is 10.7. The van der Waals surface area contributed by atoms with Gasteiger partial charge in [0.15, 0.2) is 0 Å². The molecule has 0 aliphatic rings. The molecule has 1 atom stereocenters. The van der Waals surface area contributed by atoms with Gasteiger partial charge in [-0.3, -0.25) is 9.78 Å². The number of carboxylic acid groups (broad SMARTS) is 1. The third-order valence-corrected chi connectivity index (χ3v) is 2.14. The lowest BCUT2D eigenvalue weighted by atomic mass is 10.0. The van der Waals surface area contributed by atoms with E-state index < -0.39 is 11.9 Å². The molecule has 4 heteroatoms. The highest BCUT2D eigenvalue weighted by molar-refractivity contribution is 5.76. The van der Waals surface area contributed by atoms with Gasteiger partial charge in [0.2, 0.25) is 0 Å². The molecule has 1 unspecified atom stereocenters. The van der Waals surface area contributed by atoms with Crippen molar-refractivity contribution in [2.75, 3.05) is 6.54 Å². The van der Waals surface area contributed by atoms with Gasteiger partial charge in [-0.2, -0.15) is 0 Å². The number of carboxylic acids is 1. The predicted molar refractivity (Wildman–Crippen MR) is 53.1 cm³/mol. The molecule has 1 aromatic rings. The number of aryl methyl sites for hydroxylation is 2. The molecule has 1 heterocycles. The Labute approximate surface area is 82.8 Å². The average Bonchev–Trinajstić information content (AvgIpc) is 2.11. The molecule has 0 aliphatic heterocycles. The van der Waals surface area contributed by atoms with E-state index in [2.05, 4.69) is 4.98 Å². The number of hydrogen-bond donors (Lipinski definition) is 2. The molecule has 0 saturated carbocycles. The summed E-state index contributed by atoms with van der Waals surface area (Å²) in [6, 6.07) is 3.72. The zero-order valence-corrected chi connectivity index (χ0v) is 8.32. The quantitative estimate of drug-likeness (QED) is 0.747. The fourth-order valence-corrected chi connectivity index (χ4v) is 1.33. The molecule has 0 amide bonds. The predicted octanol–water partition coefficient (Wildman–Crippen LogP) is 0.825. The van der Waals surface area contributed by atoms with Gasteiger partial charge in [0, 0.05) is 12.2 Å². The van der Waals surface area contributed by atoms with Crippen LogP contribution in [-0.2, 0) is 4.79 Å². The standard InChI is InChI=1S/C10H14N2O2/c1-6-3-4-7(2)12-9(6)8(5-11)10(13)14/h3-4,8H,5,11H2,1-2H3,(H,13,14). The Bertz CT molecular complexity index is 350. The summed E-state index contributed by atoms with van der Waals surface area (Å²) in [7, 11) is 0. The number of hydrogen-bond acceptors (Lipinski definition) is 3. The summed E-state index contributed by atoms with van der Waals surface area (Å²) in [6.45, 7) is 3.75. The molecule has 0 bridgehead atoms. The molecule has 0 spiro atoms. The summed E-state index contributed by atoms with van der Waals surface area (Å²) >= 11 is 0. The molecule has 0 saturated heterocycles. The maximum Gasteiger partial charge on any atom is 0.313 e. The number of nitrogens with two attached hydrogens (primary N) is 1. The average molecular weight is 194 g/mol. The Morgan fingerprint density at radius 2 is 2.21 bits per heavy atom. The maximum absolute atomic E-state index is 10.9. The zero-order valence-electron chi connectivity index (χ0n) is 8.32. The molecule has 76 valence electrons. The highest BCUT2D eigenvalue weighted by atomic mass is 16.4. The first-order valence-corrected chi connectivity index (χ1v) is 4.43. The summed E-state index contributed by atoms with van der Waals surface area (Å²) in [5.74, 6) is -1.62. The van der Waals surface area contributed by atoms with Gasteiger partial charge in [0.25, 0.3) is 0 Å². The lowest BCUT2D eigenvalue weighted by Gasteiger charge is -2.12. The van der Waals surface area contributed by atoms with Crippen molar-refractivity contribution in [3.63, 3.8) is 0 Å². The number of aliphatic carboxylic acids is 1. The lowest BCUT2D eigenvalue weighted by molar-refractivity contribution is -0.138. The van der Waals surface area contributed by atoms with Gasteiger partial charge in [0.05, 0.1) is 5.69 Å². The highest BCUT2D eigenvalue weighted by Crippen LogP contribution is 2.17. The summed E-state index contributed by atoms with van der Waals surface area (Å²) in [5.41, 5.74) is 7.65. The van der Waals surface area contributed by atoms with Crippen LogP contribution in [0.3, 0.4) is 0 Å². The van der Waals surface area contributed by atoms with Crippen molar-refractivity contribution < 1.29 is 9.90 Å². The summed E-state index contributed by atoms with van der Waals surface area (Å²) in [5, 5.41) is 8.92. The first-order valence-electron chi connectivity index (χ1n) is 4.43. The minimum absolute atomic E-state index is 0.0760. The summed E-state index contributed by atoms with van der Waals surface area (Å²) < 4.78 is 0. The molecule has 1 aromatic heterocycles. The monoisotopic (exact) mass is 194 g/mol. The van der Waals surface area contributed by atoms with E-state index >= 15 is 0 Å². The fourth-order valence-electron chi connectivity index (χ4n) is 1.33. The van der Waals surface area contributed by atoms with Gasteiger partial charge in [-0.05, 0) is 25.5 Å². The molecule has 0 radical (unpaired) electrons. The van der Waals surface area contributed by atoms with Crippen molar-refractivity contribution in [1.29, 1.82) is 0 Å². The largest absolute Gasteiger partial charge is 0.481 e. The lowest BCUT2D eigenvalue weighted by Crippen LogP contribution is -2.23. The Morgan fingerprint density at radius 1 is 1.57 bits per heavy atom. The van der Waals surface area contributed by atoms with Crippen molar-refractivity contribution in [2.45, 2.75) is 19.8 Å². The third-order valence-electron chi connectivity index (χ3n) is 2.14. The molecule has 0 aromatic carbocycles. The van der Waals surface area contributed by atoms with Crippen LogP contribution in [0.4, 0.5) is 0 Å². The van der Waals surface area contributed by atoms with Crippen LogP contribution in [0.15, 0.2) is 12.1 Å². The van der Waals surface area contributed by atoms with Crippen LogP contribution in [0.1, 0.15) is 22.9 Å². The second-order valence-electron chi connectivity index (χ2n) is 3.28. The molecular formula is C10H14N2O2. The van der Waals surface area contributed by atoms with E-state index in [4.69, 9.17) is 10.8 Å². The zero-order chi connectivity index (χ0) is 10.7. The van der Waals surface area contributed by atoms with Crippen LogP contribution in [-0.4, -0.2) is 22.6 Å². The number of nitrogens with zero attached hydrogens (tertiary/aromatic N) is 1. The van der Waals surface area contributed by atoms with Gasteiger partial charge < -0.3 is 10.8 Å². The SMILES string of the molecule is Cc1ccc(C)c(C(CN)C(=O)O)n1. The third kappa shape index (κ3) is 2.09.